The molecule has 29 heteroatoms. The molecule has 2 aliphatic rings. The standard InChI is InChI=1S/C27H25F4N7O3S2.C25H28FN7O3S2/c1-36(26-34-22(17-5-7-18(28)8-6-17)23(42-26)24(39)27(29,30)31)25-20(4-3-13-32)33-21-10-9-19(35-38(21)25)16-11-14-37(15-12-16)43(2,40)41;1-31(25-29-21(15-37-25)16-3-5-18(26)6-4-16)24-20(7-9-22(27)34)28-23-10-8-19(30-33(23)24)17-11-13-32(14-12-17)38(2,35)36/h5-10,16H,3-4,11-12,14-15H2,1-2H3;3-6,8,10,15,17H,7,9,11-14H2,1-2H3,(H2,27,34). The quantitative estimate of drug-likeness (QED) is 0.0704. The Morgan fingerprint density at radius 3 is 1.62 bits per heavy atom. The van der Waals surface area contributed by atoms with E-state index >= 15 is 0 Å². The molecule has 0 spiro atoms. The van der Waals surface area contributed by atoms with E-state index in [-0.39, 0.29) is 53.3 Å². The van der Waals surface area contributed by atoms with E-state index in [1.54, 1.807) is 35.8 Å². The summed E-state index contributed by atoms with van der Waals surface area (Å²) in [6.07, 6.45) is 0.483. The molecule has 2 N–H and O–H groups in total. The summed E-state index contributed by atoms with van der Waals surface area (Å²) in [5, 5.41) is 21.5. The summed E-state index contributed by atoms with van der Waals surface area (Å²) in [4.78, 5) is 45.2. The number of alkyl halides is 3. The number of anilines is 4. The summed E-state index contributed by atoms with van der Waals surface area (Å²) in [6.45, 7) is 1.59. The molecule has 10 rings (SSSR count). The molecule has 2 fully saturated rings. The van der Waals surface area contributed by atoms with Gasteiger partial charge in [0, 0.05) is 94.3 Å². The molecule has 2 saturated heterocycles. The van der Waals surface area contributed by atoms with Crippen LogP contribution >= 0.6 is 22.7 Å². The summed E-state index contributed by atoms with van der Waals surface area (Å²) in [5.41, 5.74) is 10.5. The first-order valence-corrected chi connectivity index (χ1v) is 30.7. The molecule has 8 heterocycles. The van der Waals surface area contributed by atoms with Gasteiger partial charge in [-0.1, -0.05) is 11.3 Å². The summed E-state index contributed by atoms with van der Waals surface area (Å²) in [5.74, 6) is -2.32. The van der Waals surface area contributed by atoms with Crippen LogP contribution in [-0.2, 0) is 37.7 Å². The summed E-state index contributed by atoms with van der Waals surface area (Å²) in [6, 6.07) is 20.2. The van der Waals surface area contributed by atoms with Crippen molar-refractivity contribution in [2.75, 3.05) is 62.6 Å². The molecule has 1 amide bonds. The Morgan fingerprint density at radius 2 is 1.16 bits per heavy atom. The molecule has 0 aliphatic carbocycles. The number of carbonyl (C=O) groups is 2. The fourth-order valence-electron chi connectivity index (χ4n) is 9.68. The topological polar surface area (TPSA) is 251 Å². The number of nitriles is 1. The number of benzene rings is 2. The van der Waals surface area contributed by atoms with Crippen molar-refractivity contribution < 1.29 is 48.4 Å². The van der Waals surface area contributed by atoms with Crippen LogP contribution in [0.4, 0.5) is 43.9 Å². The van der Waals surface area contributed by atoms with E-state index in [0.29, 0.717) is 115 Å². The molecular formula is C52H53F5N14O6S4. The fourth-order valence-corrected chi connectivity index (χ4v) is 13.2. The SMILES string of the molecule is CN(c1nc(-c2ccc(F)cc2)c(C(=O)C(F)(F)F)s1)c1c(CCC#N)nc2ccc(C3CCN(S(C)(=O)=O)CC3)nn12.CN(c1nc(-c2ccc(F)cc2)cs1)c1c(CCC(N)=O)nc2ccc(C3CCN(S(C)(=O)=O)CC3)nn12. The average Bonchev–Trinajstić information content (AvgIpc) is 4.29. The Hall–Kier alpha value is -7.36. The zero-order chi connectivity index (χ0) is 58.1. The molecule has 2 aliphatic heterocycles. The molecule has 20 nitrogen and oxygen atoms in total. The van der Waals surface area contributed by atoms with E-state index in [2.05, 4.69) is 16.0 Å². The molecule has 0 radical (unpaired) electrons. The van der Waals surface area contributed by atoms with Crippen molar-refractivity contribution in [1.82, 2.24) is 47.8 Å². The first-order valence-electron chi connectivity index (χ1n) is 25.3. The monoisotopic (exact) mass is 1190 g/mol. The highest BCUT2D eigenvalue weighted by Gasteiger charge is 2.43. The van der Waals surface area contributed by atoms with E-state index in [0.717, 1.165) is 29.1 Å². The Kier molecular flexibility index (Phi) is 17.0. The van der Waals surface area contributed by atoms with Crippen molar-refractivity contribution in [3.05, 3.63) is 117 Å². The van der Waals surface area contributed by atoms with Gasteiger partial charge >= 0.3 is 6.18 Å². The van der Waals surface area contributed by atoms with Gasteiger partial charge < -0.3 is 15.5 Å². The van der Waals surface area contributed by atoms with Crippen LogP contribution in [0.3, 0.4) is 0 Å². The predicted molar refractivity (Wildman–Crippen MR) is 296 cm³/mol. The highest BCUT2D eigenvalue weighted by molar-refractivity contribution is 7.88. The lowest BCUT2D eigenvalue weighted by Gasteiger charge is -2.29. The van der Waals surface area contributed by atoms with Gasteiger partial charge in [0.05, 0.1) is 52.7 Å². The van der Waals surface area contributed by atoms with Crippen molar-refractivity contribution in [2.45, 2.75) is 69.4 Å². The summed E-state index contributed by atoms with van der Waals surface area (Å²) < 4.78 is 122. The van der Waals surface area contributed by atoms with Gasteiger partial charge in [-0.25, -0.2) is 54.2 Å². The number of nitrogens with zero attached hydrogens (tertiary/aromatic N) is 13. The minimum atomic E-state index is -5.17. The maximum absolute atomic E-state index is 13.6. The zero-order valence-corrected chi connectivity index (χ0v) is 47.3. The Morgan fingerprint density at radius 1 is 0.691 bits per heavy atom. The number of ketones is 1. The number of primary amides is 1. The first-order chi connectivity index (χ1) is 38.4. The number of halogens is 5. The van der Waals surface area contributed by atoms with Crippen LogP contribution in [0.5, 0.6) is 0 Å². The number of Topliss-reactive ketones (excluding diaryl/α,β-unsaturated/α-hetero) is 1. The smallest absolute Gasteiger partial charge is 0.370 e. The predicted octanol–water partition coefficient (Wildman–Crippen LogP) is 8.42. The van der Waals surface area contributed by atoms with Gasteiger partial charge in [0.15, 0.2) is 33.2 Å². The number of amides is 1. The van der Waals surface area contributed by atoms with Gasteiger partial charge in [-0.15, -0.1) is 11.3 Å². The molecule has 0 bridgehead atoms. The van der Waals surface area contributed by atoms with Crippen LogP contribution in [0, 0.1) is 23.0 Å². The minimum Gasteiger partial charge on any atom is -0.370 e. The zero-order valence-electron chi connectivity index (χ0n) is 44.0. The lowest BCUT2D eigenvalue weighted by molar-refractivity contribution is -0.118. The summed E-state index contributed by atoms with van der Waals surface area (Å²) in [7, 11) is -3.12. The van der Waals surface area contributed by atoms with Crippen molar-refractivity contribution in [2.24, 2.45) is 5.73 Å². The molecule has 8 aromatic rings. The van der Waals surface area contributed by atoms with Crippen LogP contribution in [0.25, 0.3) is 33.8 Å². The number of imidazole rings is 2. The largest absolute Gasteiger partial charge is 0.455 e. The molecule has 0 atom stereocenters. The van der Waals surface area contributed by atoms with Crippen molar-refractivity contribution in [3.63, 3.8) is 0 Å². The maximum atomic E-state index is 13.6. The second-order valence-corrected chi connectivity index (χ2v) is 25.2. The van der Waals surface area contributed by atoms with Gasteiger partial charge in [-0.05, 0) is 98.5 Å². The van der Waals surface area contributed by atoms with Crippen LogP contribution < -0.4 is 15.5 Å². The van der Waals surface area contributed by atoms with Gasteiger partial charge in [0.1, 0.15) is 16.5 Å². The molecule has 426 valence electrons. The molecule has 0 unspecified atom stereocenters. The van der Waals surface area contributed by atoms with E-state index < -0.39 is 48.6 Å². The third-order valence-electron chi connectivity index (χ3n) is 13.9. The van der Waals surface area contributed by atoms with E-state index in [1.165, 1.54) is 66.1 Å². The maximum Gasteiger partial charge on any atom is 0.455 e. The number of nitrogens with two attached hydrogens (primary N) is 1. The normalized spacial score (nSPS) is 15.2. The van der Waals surface area contributed by atoms with Gasteiger partial charge in [-0.3, -0.25) is 9.59 Å². The highest BCUT2D eigenvalue weighted by Crippen LogP contribution is 2.41. The second-order valence-electron chi connectivity index (χ2n) is 19.5. The number of carbonyl (C=O) groups excluding carboxylic acids is 2. The highest BCUT2D eigenvalue weighted by atomic mass is 32.2. The average molecular weight is 1190 g/mol. The van der Waals surface area contributed by atoms with E-state index in [4.69, 9.17) is 25.9 Å². The number of piperidine rings is 2. The number of fused-ring (bicyclic) bond motifs is 2. The number of aryl methyl sites for hydroxylation is 2. The van der Waals surface area contributed by atoms with Crippen LogP contribution in [0.1, 0.15) is 82.8 Å². The second kappa shape index (κ2) is 23.6. The molecular weight excluding hydrogens is 1140 g/mol. The van der Waals surface area contributed by atoms with E-state index in [1.807, 2.05) is 29.5 Å². The summed E-state index contributed by atoms with van der Waals surface area (Å²) >= 11 is 1.96. The van der Waals surface area contributed by atoms with Crippen molar-refractivity contribution in [1.29, 1.82) is 5.26 Å². The number of hydrogen-bond acceptors (Lipinski definition) is 17. The minimum absolute atomic E-state index is 0.0283. The third kappa shape index (κ3) is 13.1. The Labute approximate surface area is 470 Å². The fraction of sp³-hybridized carbons (Fsp3) is 0.365. The van der Waals surface area contributed by atoms with Crippen LogP contribution in [0.2, 0.25) is 0 Å². The van der Waals surface area contributed by atoms with Gasteiger partial charge in [-0.2, -0.15) is 37.7 Å². The lowest BCUT2D eigenvalue weighted by atomic mass is 9.94. The number of aromatic nitrogens is 8. The van der Waals surface area contributed by atoms with Crippen LogP contribution in [0.15, 0.2) is 78.2 Å². The van der Waals surface area contributed by atoms with Crippen molar-refractivity contribution >= 4 is 87.6 Å². The number of thiazole rings is 2. The third-order valence-corrected chi connectivity index (χ3v) is 18.5. The van der Waals surface area contributed by atoms with Gasteiger partial charge in [0.25, 0.3) is 5.78 Å². The Balaban J connectivity index is 0.000000197. The number of rotatable bonds is 16. The molecule has 81 heavy (non-hydrogen) atoms. The first kappa shape index (κ1) is 58.3. The number of sulfonamides is 2. The van der Waals surface area contributed by atoms with Crippen molar-refractivity contribution in [3.8, 4) is 28.6 Å². The van der Waals surface area contributed by atoms with Crippen LogP contribution in [-0.4, -0.2) is 135 Å². The molecule has 6 aromatic heterocycles. The Bertz CT molecular complexity index is 3900. The lowest BCUT2D eigenvalue weighted by Crippen LogP contribution is -2.37. The molecule has 0 saturated carbocycles. The van der Waals surface area contributed by atoms with E-state index in [9.17, 15) is 53.6 Å². The molecule has 2 aromatic carbocycles. The van der Waals surface area contributed by atoms with Gasteiger partial charge in [0.2, 0.25) is 26.0 Å². The number of hydrogen-bond donors (Lipinski definition) is 1.